The minimum Gasteiger partial charge on any atom is -0.496 e. The molecule has 2 amide bonds. The van der Waals surface area contributed by atoms with Crippen molar-refractivity contribution in [2.24, 2.45) is 0 Å². The van der Waals surface area contributed by atoms with Crippen molar-refractivity contribution in [2.45, 2.75) is 25.9 Å². The predicted octanol–water partition coefficient (Wildman–Crippen LogP) is 3.94. The lowest BCUT2D eigenvalue weighted by molar-refractivity contribution is -0.142. The molecule has 0 unspecified atom stereocenters. The van der Waals surface area contributed by atoms with E-state index >= 15 is 0 Å². The second-order valence-corrected chi connectivity index (χ2v) is 7.46. The monoisotopic (exact) mass is 468 g/mol. The molecule has 1 atom stereocenters. The number of ether oxygens (including phenoxy) is 3. The van der Waals surface area contributed by atoms with E-state index in [0.717, 1.165) is 5.56 Å². The number of methoxy groups -OCH3 is 2. The number of likely N-dealkylation sites (N-methyl/N-ethyl adjacent to an activating group) is 1. The van der Waals surface area contributed by atoms with Crippen LogP contribution in [-0.2, 0) is 16.1 Å². The molecule has 0 bridgehead atoms. The number of halogens is 2. The van der Waals surface area contributed by atoms with Crippen LogP contribution in [-0.4, -0.2) is 50.6 Å². The van der Waals surface area contributed by atoms with Gasteiger partial charge in [-0.15, -0.1) is 0 Å². The summed E-state index contributed by atoms with van der Waals surface area (Å²) >= 11 is 12.1. The molecule has 7 nitrogen and oxygen atoms in total. The maximum absolute atomic E-state index is 13.1. The van der Waals surface area contributed by atoms with Gasteiger partial charge >= 0.3 is 0 Å². The summed E-state index contributed by atoms with van der Waals surface area (Å²) in [5.41, 5.74) is 0.744. The average Bonchev–Trinajstić information content (AvgIpc) is 2.78. The van der Waals surface area contributed by atoms with Gasteiger partial charge in [0.25, 0.3) is 5.91 Å². The maximum atomic E-state index is 13.1. The summed E-state index contributed by atoms with van der Waals surface area (Å²) in [6, 6.07) is 9.42. The van der Waals surface area contributed by atoms with E-state index in [1.807, 2.05) is 6.92 Å². The molecule has 0 radical (unpaired) electrons. The molecule has 2 aromatic carbocycles. The summed E-state index contributed by atoms with van der Waals surface area (Å²) in [5.74, 6) is 0.854. The Morgan fingerprint density at radius 1 is 1.00 bits per heavy atom. The molecule has 0 saturated heterocycles. The fourth-order valence-electron chi connectivity index (χ4n) is 3.01. The normalized spacial score (nSPS) is 11.4. The van der Waals surface area contributed by atoms with Crippen molar-refractivity contribution in [2.75, 3.05) is 27.9 Å². The lowest BCUT2D eigenvalue weighted by atomic mass is 10.1. The first-order valence-corrected chi connectivity index (χ1v) is 10.4. The Balaban J connectivity index is 2.24. The molecule has 2 aromatic rings. The Morgan fingerprint density at radius 2 is 1.61 bits per heavy atom. The van der Waals surface area contributed by atoms with Gasteiger partial charge in [-0.3, -0.25) is 9.59 Å². The molecule has 0 heterocycles. The van der Waals surface area contributed by atoms with Crippen molar-refractivity contribution in [1.82, 2.24) is 10.2 Å². The minimum absolute atomic E-state index is 0.173. The molecule has 9 heteroatoms. The van der Waals surface area contributed by atoms with Crippen LogP contribution in [0.25, 0.3) is 0 Å². The highest BCUT2D eigenvalue weighted by Gasteiger charge is 2.28. The standard InChI is InChI=1S/C22H26Cl2N2O5/c1-5-20(22(28)25-2)26(12-14-6-7-18(23)19(24)8-14)21(27)13-31-17-10-15(29-3)9-16(11-17)30-4/h6-11,20H,5,12-13H2,1-4H3,(H,25,28)/t20-/m1/s1. The summed E-state index contributed by atoms with van der Waals surface area (Å²) in [6.07, 6.45) is 0.430. The predicted molar refractivity (Wildman–Crippen MR) is 120 cm³/mol. The van der Waals surface area contributed by atoms with E-state index in [1.165, 1.54) is 26.2 Å². The quantitative estimate of drug-likeness (QED) is 0.571. The molecule has 168 valence electrons. The van der Waals surface area contributed by atoms with Crippen LogP contribution in [0.15, 0.2) is 36.4 Å². The van der Waals surface area contributed by atoms with Gasteiger partial charge in [-0.2, -0.15) is 0 Å². The molecule has 1 N–H and O–H groups in total. The third kappa shape index (κ3) is 6.67. The lowest BCUT2D eigenvalue weighted by Gasteiger charge is -2.30. The van der Waals surface area contributed by atoms with Crippen LogP contribution in [0.5, 0.6) is 17.2 Å². The first-order chi connectivity index (χ1) is 14.8. The Labute approximate surface area is 192 Å². The second-order valence-electron chi connectivity index (χ2n) is 6.65. The van der Waals surface area contributed by atoms with E-state index in [0.29, 0.717) is 33.7 Å². The molecule has 2 rings (SSSR count). The number of hydrogen-bond donors (Lipinski definition) is 1. The number of carbonyl (C=O) groups excluding carboxylic acids is 2. The molecule has 0 spiro atoms. The summed E-state index contributed by atoms with van der Waals surface area (Å²) in [7, 11) is 4.58. The topological polar surface area (TPSA) is 77.1 Å². The molecule has 31 heavy (non-hydrogen) atoms. The zero-order chi connectivity index (χ0) is 23.0. The van der Waals surface area contributed by atoms with Crippen LogP contribution in [0.2, 0.25) is 10.0 Å². The van der Waals surface area contributed by atoms with E-state index in [9.17, 15) is 9.59 Å². The van der Waals surface area contributed by atoms with Crippen molar-refractivity contribution >= 4 is 35.0 Å². The fourth-order valence-corrected chi connectivity index (χ4v) is 3.33. The van der Waals surface area contributed by atoms with E-state index in [2.05, 4.69) is 5.32 Å². The van der Waals surface area contributed by atoms with E-state index in [4.69, 9.17) is 37.4 Å². The van der Waals surface area contributed by atoms with Gasteiger partial charge in [-0.1, -0.05) is 36.2 Å². The number of rotatable bonds is 10. The van der Waals surface area contributed by atoms with Crippen molar-refractivity contribution in [3.05, 3.63) is 52.0 Å². The Kier molecular flexibility index (Phi) is 9.27. The van der Waals surface area contributed by atoms with E-state index in [1.54, 1.807) is 36.4 Å². The number of hydrogen-bond acceptors (Lipinski definition) is 5. The highest BCUT2D eigenvalue weighted by atomic mass is 35.5. The zero-order valence-electron chi connectivity index (χ0n) is 17.9. The molecular formula is C22H26Cl2N2O5. The van der Waals surface area contributed by atoms with Crippen molar-refractivity contribution in [3.63, 3.8) is 0 Å². The Bertz CT molecular complexity index is 901. The number of benzene rings is 2. The molecular weight excluding hydrogens is 443 g/mol. The first-order valence-electron chi connectivity index (χ1n) is 9.63. The van der Waals surface area contributed by atoms with Gasteiger partial charge in [-0.25, -0.2) is 0 Å². The molecule has 0 saturated carbocycles. The van der Waals surface area contributed by atoms with Crippen LogP contribution >= 0.6 is 23.2 Å². The number of nitrogens with one attached hydrogen (secondary N) is 1. The Morgan fingerprint density at radius 3 is 2.13 bits per heavy atom. The summed E-state index contributed by atoms with van der Waals surface area (Å²) in [4.78, 5) is 27.0. The third-order valence-electron chi connectivity index (χ3n) is 4.66. The van der Waals surface area contributed by atoms with Gasteiger partial charge in [-0.05, 0) is 24.1 Å². The van der Waals surface area contributed by atoms with Crippen LogP contribution in [0.3, 0.4) is 0 Å². The minimum atomic E-state index is -0.671. The summed E-state index contributed by atoms with van der Waals surface area (Å²) in [6.45, 7) is 1.74. The smallest absolute Gasteiger partial charge is 0.261 e. The van der Waals surface area contributed by atoms with Crippen molar-refractivity contribution < 1.29 is 23.8 Å². The van der Waals surface area contributed by atoms with Crippen LogP contribution in [0.4, 0.5) is 0 Å². The highest BCUT2D eigenvalue weighted by molar-refractivity contribution is 6.42. The van der Waals surface area contributed by atoms with Gasteiger partial charge in [0.05, 0.1) is 24.3 Å². The average molecular weight is 469 g/mol. The van der Waals surface area contributed by atoms with Crippen molar-refractivity contribution in [1.29, 1.82) is 0 Å². The third-order valence-corrected chi connectivity index (χ3v) is 5.40. The van der Waals surface area contributed by atoms with Gasteiger partial charge < -0.3 is 24.4 Å². The van der Waals surface area contributed by atoms with Gasteiger partial charge in [0.2, 0.25) is 5.91 Å². The Hall–Kier alpha value is -2.64. The second kappa shape index (κ2) is 11.7. The van der Waals surface area contributed by atoms with Gasteiger partial charge in [0.15, 0.2) is 6.61 Å². The molecule has 0 aliphatic carbocycles. The molecule has 0 fully saturated rings. The molecule has 0 aliphatic rings. The fraction of sp³-hybridized carbons (Fsp3) is 0.364. The zero-order valence-corrected chi connectivity index (χ0v) is 19.4. The maximum Gasteiger partial charge on any atom is 0.261 e. The van der Waals surface area contributed by atoms with E-state index < -0.39 is 6.04 Å². The van der Waals surface area contributed by atoms with Crippen LogP contribution < -0.4 is 19.5 Å². The van der Waals surface area contributed by atoms with Gasteiger partial charge in [0.1, 0.15) is 23.3 Å². The van der Waals surface area contributed by atoms with E-state index in [-0.39, 0.29) is 25.0 Å². The van der Waals surface area contributed by atoms with Crippen LogP contribution in [0, 0.1) is 0 Å². The largest absolute Gasteiger partial charge is 0.496 e. The lowest BCUT2D eigenvalue weighted by Crippen LogP contribution is -2.49. The SMILES string of the molecule is CC[C@H](C(=O)NC)N(Cc1ccc(Cl)c(Cl)c1)C(=O)COc1cc(OC)cc(OC)c1. The van der Waals surface area contributed by atoms with Crippen molar-refractivity contribution in [3.8, 4) is 17.2 Å². The van der Waals surface area contributed by atoms with Crippen LogP contribution in [0.1, 0.15) is 18.9 Å². The van der Waals surface area contributed by atoms with Gasteiger partial charge in [0, 0.05) is 31.8 Å². The number of carbonyl (C=O) groups is 2. The summed E-state index contributed by atoms with van der Waals surface area (Å²) < 4.78 is 16.1. The highest BCUT2D eigenvalue weighted by Crippen LogP contribution is 2.28. The summed E-state index contributed by atoms with van der Waals surface area (Å²) in [5, 5.41) is 3.40. The number of amides is 2. The first kappa shape index (κ1) is 24.6. The molecule has 0 aliphatic heterocycles. The molecule has 0 aromatic heterocycles. The number of nitrogens with zero attached hydrogens (tertiary/aromatic N) is 1.